The molecule has 0 unspecified atom stereocenters. The predicted molar refractivity (Wildman–Crippen MR) is 139 cm³/mol. The zero-order valence-electron chi connectivity index (χ0n) is 19.4. The number of amides is 1. The third kappa shape index (κ3) is 3.87. The van der Waals surface area contributed by atoms with Gasteiger partial charge in [0.1, 0.15) is 0 Å². The van der Waals surface area contributed by atoms with Crippen LogP contribution in [-0.4, -0.2) is 51.9 Å². The summed E-state index contributed by atoms with van der Waals surface area (Å²) in [4.78, 5) is 40.6. The Kier molecular flexibility index (Phi) is 5.23. The first kappa shape index (κ1) is 21.6. The number of carbonyl (C=O) groups is 1. The number of nitrogens with zero attached hydrogens (tertiary/aromatic N) is 4. The summed E-state index contributed by atoms with van der Waals surface area (Å²) < 4.78 is 0. The maximum absolute atomic E-state index is 13.2. The maximum Gasteiger partial charge on any atom is 0.276 e. The van der Waals surface area contributed by atoms with E-state index in [9.17, 15) is 9.59 Å². The van der Waals surface area contributed by atoms with Crippen LogP contribution < -0.4 is 10.5 Å². The molecule has 0 bridgehead atoms. The summed E-state index contributed by atoms with van der Waals surface area (Å²) in [6, 6.07) is 24.5. The molecule has 1 fully saturated rings. The number of anilines is 1. The lowest BCUT2D eigenvalue weighted by Crippen LogP contribution is -2.48. The molecule has 6 rings (SSSR count). The van der Waals surface area contributed by atoms with Crippen LogP contribution in [0.1, 0.15) is 15.9 Å². The van der Waals surface area contributed by atoms with Gasteiger partial charge in [0.05, 0.1) is 28.4 Å². The molecule has 0 saturated carbocycles. The molecule has 2 aromatic heterocycles. The topological polar surface area (TPSA) is 109 Å². The van der Waals surface area contributed by atoms with Crippen molar-refractivity contribution in [3.05, 3.63) is 94.3 Å². The Morgan fingerprint density at radius 3 is 2.44 bits per heavy atom. The Hall–Kier alpha value is -4.90. The normalized spacial score (nSPS) is 13.8. The second-order valence-electron chi connectivity index (χ2n) is 8.85. The highest BCUT2D eigenvalue weighted by Crippen LogP contribution is 2.24. The monoisotopic (exact) mass is 474 g/mol. The largest absolute Gasteiger partial charge is 0.368 e. The van der Waals surface area contributed by atoms with Gasteiger partial charge in [0.15, 0.2) is 5.69 Å². The fourth-order valence-electron chi connectivity index (χ4n) is 4.70. The third-order valence-electron chi connectivity index (χ3n) is 6.65. The van der Waals surface area contributed by atoms with Crippen LogP contribution >= 0.6 is 0 Å². The smallest absolute Gasteiger partial charge is 0.276 e. The van der Waals surface area contributed by atoms with Gasteiger partial charge >= 0.3 is 0 Å². The molecule has 3 heterocycles. The molecule has 1 amide bonds. The Balaban J connectivity index is 1.21. The number of aromatic nitrogens is 3. The third-order valence-corrected chi connectivity index (χ3v) is 6.65. The number of hydrogen-bond acceptors (Lipinski definition) is 5. The number of carbonyl (C=O) groups excluding carboxylic acids is 1. The van der Waals surface area contributed by atoms with E-state index in [1.807, 2.05) is 77.7 Å². The van der Waals surface area contributed by atoms with Crippen LogP contribution in [0.5, 0.6) is 0 Å². The van der Waals surface area contributed by atoms with E-state index >= 15 is 0 Å². The summed E-state index contributed by atoms with van der Waals surface area (Å²) in [5, 5.41) is 9.84. The van der Waals surface area contributed by atoms with E-state index in [1.54, 1.807) is 0 Å². The second kappa shape index (κ2) is 8.71. The number of fused-ring (bicyclic) bond motifs is 2. The first-order valence-corrected chi connectivity index (χ1v) is 11.8. The highest BCUT2D eigenvalue weighted by molar-refractivity contribution is 5.99. The van der Waals surface area contributed by atoms with Crippen LogP contribution in [0.4, 0.5) is 5.69 Å². The van der Waals surface area contributed by atoms with Crippen LogP contribution in [0.15, 0.2) is 77.6 Å². The number of aromatic amines is 2. The van der Waals surface area contributed by atoms with Crippen molar-refractivity contribution in [3.8, 4) is 17.5 Å². The molecule has 1 aliphatic heterocycles. The molecular weight excluding hydrogens is 452 g/mol. The van der Waals surface area contributed by atoms with E-state index in [-0.39, 0.29) is 11.5 Å². The van der Waals surface area contributed by atoms with Gasteiger partial charge in [-0.3, -0.25) is 9.59 Å². The van der Waals surface area contributed by atoms with Gasteiger partial charge in [-0.15, -0.1) is 0 Å². The molecular formula is C28H22N6O2. The number of piperazine rings is 1. The molecule has 0 atom stereocenters. The fourth-order valence-corrected chi connectivity index (χ4v) is 4.70. The highest BCUT2D eigenvalue weighted by Gasteiger charge is 2.23. The fraction of sp³-hybridized carbons (Fsp3) is 0.143. The molecule has 1 aliphatic rings. The average Bonchev–Trinajstić information content (AvgIpc) is 3.35. The van der Waals surface area contributed by atoms with Crippen LogP contribution in [0.2, 0.25) is 0 Å². The number of para-hydroxylation sites is 2. The number of H-pyrrole nitrogens is 2. The molecule has 36 heavy (non-hydrogen) atoms. The molecule has 5 aromatic rings. The van der Waals surface area contributed by atoms with Gasteiger partial charge < -0.3 is 19.8 Å². The van der Waals surface area contributed by atoms with E-state index in [0.717, 1.165) is 29.7 Å². The highest BCUT2D eigenvalue weighted by atomic mass is 16.2. The molecule has 2 N–H and O–H groups in total. The Morgan fingerprint density at radius 1 is 0.889 bits per heavy atom. The number of rotatable bonds is 3. The Morgan fingerprint density at radius 2 is 1.67 bits per heavy atom. The first-order valence-electron chi connectivity index (χ1n) is 11.8. The van der Waals surface area contributed by atoms with E-state index in [4.69, 9.17) is 5.26 Å². The molecule has 8 nitrogen and oxygen atoms in total. The summed E-state index contributed by atoms with van der Waals surface area (Å²) in [6.45, 7) is 2.69. The first-order chi connectivity index (χ1) is 17.6. The van der Waals surface area contributed by atoms with E-state index in [1.165, 1.54) is 0 Å². The number of nitrogens with one attached hydrogen (secondary N) is 2. The maximum atomic E-state index is 13.2. The van der Waals surface area contributed by atoms with Crippen molar-refractivity contribution in [1.82, 2.24) is 19.9 Å². The second-order valence-corrected chi connectivity index (χ2v) is 8.85. The zero-order valence-corrected chi connectivity index (χ0v) is 19.4. The average molecular weight is 475 g/mol. The van der Waals surface area contributed by atoms with Crippen LogP contribution in [-0.2, 0) is 0 Å². The van der Waals surface area contributed by atoms with Crippen molar-refractivity contribution in [1.29, 1.82) is 5.26 Å². The molecule has 0 radical (unpaired) electrons. The van der Waals surface area contributed by atoms with Gasteiger partial charge in [-0.05, 0) is 60.7 Å². The molecule has 8 heteroatoms. The van der Waals surface area contributed by atoms with Crippen molar-refractivity contribution in [2.45, 2.75) is 0 Å². The van der Waals surface area contributed by atoms with Gasteiger partial charge in [-0.1, -0.05) is 12.1 Å². The lowest BCUT2D eigenvalue weighted by Gasteiger charge is -2.36. The van der Waals surface area contributed by atoms with E-state index in [0.29, 0.717) is 46.6 Å². The summed E-state index contributed by atoms with van der Waals surface area (Å²) in [5.74, 6) is -0.0131. The minimum atomic E-state index is -0.267. The van der Waals surface area contributed by atoms with Gasteiger partial charge in [-0.25, -0.2) is 4.98 Å². The summed E-state index contributed by atoms with van der Waals surface area (Å²) in [7, 11) is 0. The van der Waals surface area contributed by atoms with Gasteiger partial charge in [-0.2, -0.15) is 5.26 Å². The van der Waals surface area contributed by atoms with Gasteiger partial charge in [0, 0.05) is 48.3 Å². The molecule has 0 aliphatic carbocycles. The molecule has 1 saturated heterocycles. The Bertz CT molecular complexity index is 1700. The summed E-state index contributed by atoms with van der Waals surface area (Å²) >= 11 is 0. The molecule has 176 valence electrons. The predicted octanol–water partition coefficient (Wildman–Crippen LogP) is 3.91. The Labute approximate surface area is 206 Å². The number of benzene rings is 3. The van der Waals surface area contributed by atoms with E-state index < -0.39 is 0 Å². The van der Waals surface area contributed by atoms with Crippen LogP contribution in [0.3, 0.4) is 0 Å². The van der Waals surface area contributed by atoms with Crippen molar-refractivity contribution in [2.75, 3.05) is 31.1 Å². The van der Waals surface area contributed by atoms with Crippen molar-refractivity contribution >= 4 is 33.5 Å². The number of nitriles is 1. The van der Waals surface area contributed by atoms with Crippen molar-refractivity contribution in [3.63, 3.8) is 0 Å². The van der Waals surface area contributed by atoms with E-state index in [2.05, 4.69) is 25.9 Å². The van der Waals surface area contributed by atoms with Crippen molar-refractivity contribution < 1.29 is 4.79 Å². The van der Waals surface area contributed by atoms with Crippen LogP contribution in [0.25, 0.3) is 33.3 Å². The summed E-state index contributed by atoms with van der Waals surface area (Å²) in [5.41, 5.74) is 5.20. The SMILES string of the molecule is N#Cc1ccc(N2CCN(C(=O)c3ccc4[nH]c(-c5nc6ccccc6[nH]c5=O)cc4c3)CC2)cc1. The standard InChI is InChI=1S/C28H22N6O2/c29-17-18-5-8-21(9-6-18)33-11-13-34(14-12-33)28(36)19-7-10-22-20(15-19)16-25(30-22)26-27(35)32-24-4-2-1-3-23(24)31-26/h1-10,15-16,30H,11-14H2,(H,32,35). The van der Waals surface area contributed by atoms with Gasteiger partial charge in [0.2, 0.25) is 0 Å². The molecule has 3 aromatic carbocycles. The van der Waals surface area contributed by atoms with Crippen molar-refractivity contribution in [2.24, 2.45) is 0 Å². The quantitative estimate of drug-likeness (QED) is 0.412. The lowest BCUT2D eigenvalue weighted by molar-refractivity contribution is 0.0747. The molecule has 0 spiro atoms. The number of hydrogen-bond donors (Lipinski definition) is 2. The van der Waals surface area contributed by atoms with Crippen LogP contribution in [0, 0.1) is 11.3 Å². The lowest BCUT2D eigenvalue weighted by atomic mass is 10.1. The summed E-state index contributed by atoms with van der Waals surface area (Å²) in [6.07, 6.45) is 0. The van der Waals surface area contributed by atoms with Gasteiger partial charge in [0.25, 0.3) is 11.5 Å². The zero-order chi connectivity index (χ0) is 24.6. The minimum Gasteiger partial charge on any atom is -0.368 e. The minimum absolute atomic E-state index is 0.0131.